The van der Waals surface area contributed by atoms with Crippen molar-refractivity contribution in [2.45, 2.75) is 12.8 Å². The Hall–Kier alpha value is -2.25. The SMILES string of the molecule is O=C(Nc1ccc(Cl)cn1)C1CCCN(C(=O)C=Cc2cc(Br)ccc2F)C1. The van der Waals surface area contributed by atoms with Gasteiger partial charge in [-0.15, -0.1) is 0 Å². The van der Waals surface area contributed by atoms with Gasteiger partial charge in [-0.3, -0.25) is 9.59 Å². The van der Waals surface area contributed by atoms with Crippen molar-refractivity contribution in [2.75, 3.05) is 18.4 Å². The molecule has 2 heterocycles. The predicted molar refractivity (Wildman–Crippen MR) is 110 cm³/mol. The molecule has 1 atom stereocenters. The molecule has 0 bridgehead atoms. The topological polar surface area (TPSA) is 62.3 Å². The molecule has 1 N–H and O–H groups in total. The molecule has 8 heteroatoms. The highest BCUT2D eigenvalue weighted by atomic mass is 79.9. The summed E-state index contributed by atoms with van der Waals surface area (Å²) < 4.78 is 14.5. The number of hydrogen-bond donors (Lipinski definition) is 1. The van der Waals surface area contributed by atoms with Crippen molar-refractivity contribution in [1.82, 2.24) is 9.88 Å². The summed E-state index contributed by atoms with van der Waals surface area (Å²) >= 11 is 9.07. The van der Waals surface area contributed by atoms with Crippen LogP contribution in [0.4, 0.5) is 10.2 Å². The van der Waals surface area contributed by atoms with E-state index in [1.54, 1.807) is 29.2 Å². The Morgan fingerprint density at radius 1 is 1.32 bits per heavy atom. The van der Waals surface area contributed by atoms with Gasteiger partial charge < -0.3 is 10.2 Å². The van der Waals surface area contributed by atoms with Crippen LogP contribution in [0.15, 0.2) is 47.1 Å². The summed E-state index contributed by atoms with van der Waals surface area (Å²) in [4.78, 5) is 30.6. The number of pyridine rings is 1. The first-order chi connectivity index (χ1) is 13.4. The minimum atomic E-state index is -0.404. The molecule has 2 amide bonds. The lowest BCUT2D eigenvalue weighted by Crippen LogP contribution is -2.43. The molecule has 1 aromatic heterocycles. The number of halogens is 3. The second-order valence-corrected chi connectivity index (χ2v) is 7.83. The number of piperidine rings is 1. The molecule has 146 valence electrons. The highest BCUT2D eigenvalue weighted by Crippen LogP contribution is 2.20. The van der Waals surface area contributed by atoms with Crippen molar-refractivity contribution >= 4 is 51.2 Å². The van der Waals surface area contributed by atoms with E-state index in [9.17, 15) is 14.0 Å². The van der Waals surface area contributed by atoms with Crippen LogP contribution in [-0.2, 0) is 9.59 Å². The molecule has 1 fully saturated rings. The number of carbonyl (C=O) groups is 2. The maximum absolute atomic E-state index is 13.8. The lowest BCUT2D eigenvalue weighted by atomic mass is 9.97. The van der Waals surface area contributed by atoms with E-state index in [2.05, 4.69) is 26.2 Å². The fraction of sp³-hybridized carbons (Fsp3) is 0.250. The van der Waals surface area contributed by atoms with E-state index in [4.69, 9.17) is 11.6 Å². The molecular weight excluding hydrogens is 449 g/mol. The van der Waals surface area contributed by atoms with Gasteiger partial charge in [0.15, 0.2) is 0 Å². The maximum atomic E-state index is 13.8. The number of nitrogens with zero attached hydrogens (tertiary/aromatic N) is 2. The van der Waals surface area contributed by atoms with E-state index in [-0.39, 0.29) is 17.7 Å². The molecule has 1 aliphatic heterocycles. The smallest absolute Gasteiger partial charge is 0.246 e. The van der Waals surface area contributed by atoms with Crippen molar-refractivity contribution in [1.29, 1.82) is 0 Å². The second kappa shape index (κ2) is 9.30. The highest BCUT2D eigenvalue weighted by molar-refractivity contribution is 9.10. The van der Waals surface area contributed by atoms with Gasteiger partial charge >= 0.3 is 0 Å². The van der Waals surface area contributed by atoms with Gasteiger partial charge in [-0.05, 0) is 49.2 Å². The van der Waals surface area contributed by atoms with Gasteiger partial charge in [-0.25, -0.2) is 9.37 Å². The van der Waals surface area contributed by atoms with Gasteiger partial charge in [0.1, 0.15) is 11.6 Å². The lowest BCUT2D eigenvalue weighted by molar-refractivity contribution is -0.130. The number of amides is 2. The van der Waals surface area contributed by atoms with Gasteiger partial charge in [-0.2, -0.15) is 0 Å². The first kappa shape index (κ1) is 20.5. The van der Waals surface area contributed by atoms with Crippen LogP contribution in [0.3, 0.4) is 0 Å². The van der Waals surface area contributed by atoms with Gasteiger partial charge in [-0.1, -0.05) is 27.5 Å². The first-order valence-corrected chi connectivity index (χ1v) is 9.94. The normalized spacial score (nSPS) is 17.0. The highest BCUT2D eigenvalue weighted by Gasteiger charge is 2.27. The van der Waals surface area contributed by atoms with Crippen LogP contribution in [0.25, 0.3) is 6.08 Å². The van der Waals surface area contributed by atoms with Crippen LogP contribution >= 0.6 is 27.5 Å². The minimum Gasteiger partial charge on any atom is -0.338 e. The molecule has 5 nitrogen and oxygen atoms in total. The fourth-order valence-corrected chi connectivity index (χ4v) is 3.47. The summed E-state index contributed by atoms with van der Waals surface area (Å²) in [5, 5.41) is 3.24. The summed E-state index contributed by atoms with van der Waals surface area (Å²) in [6.07, 6.45) is 5.65. The fourth-order valence-electron chi connectivity index (χ4n) is 2.98. The summed E-state index contributed by atoms with van der Waals surface area (Å²) in [6, 6.07) is 7.80. The zero-order valence-corrected chi connectivity index (χ0v) is 17.2. The van der Waals surface area contributed by atoms with Crippen LogP contribution in [0.5, 0.6) is 0 Å². The van der Waals surface area contributed by atoms with Crippen LogP contribution in [0.2, 0.25) is 5.02 Å². The molecule has 28 heavy (non-hydrogen) atoms. The summed E-state index contributed by atoms with van der Waals surface area (Å²) in [5.41, 5.74) is 0.322. The zero-order chi connectivity index (χ0) is 20.1. The van der Waals surface area contributed by atoms with E-state index in [0.29, 0.717) is 35.9 Å². The predicted octanol–water partition coefficient (Wildman–Crippen LogP) is 4.53. The molecule has 0 radical (unpaired) electrons. The Morgan fingerprint density at radius 2 is 2.14 bits per heavy atom. The summed E-state index contributed by atoms with van der Waals surface area (Å²) in [7, 11) is 0. The van der Waals surface area contributed by atoms with Gasteiger partial charge in [0.2, 0.25) is 11.8 Å². The molecular formula is C20H18BrClFN3O2. The number of carbonyl (C=O) groups excluding carboxylic acids is 2. The van der Waals surface area contributed by atoms with Gasteiger partial charge in [0, 0.05) is 35.4 Å². The molecule has 1 aromatic carbocycles. The Kier molecular flexibility index (Phi) is 6.80. The third kappa shape index (κ3) is 5.39. The van der Waals surface area contributed by atoms with Crippen LogP contribution in [0.1, 0.15) is 18.4 Å². The van der Waals surface area contributed by atoms with Gasteiger partial charge in [0.25, 0.3) is 0 Å². The van der Waals surface area contributed by atoms with Crippen LogP contribution < -0.4 is 5.32 Å². The number of aromatic nitrogens is 1. The molecule has 0 spiro atoms. The van der Waals surface area contributed by atoms with E-state index in [1.165, 1.54) is 24.4 Å². The summed E-state index contributed by atoms with van der Waals surface area (Å²) in [6.45, 7) is 0.872. The van der Waals surface area contributed by atoms with E-state index < -0.39 is 5.82 Å². The average molecular weight is 467 g/mol. The number of benzene rings is 1. The Bertz CT molecular complexity index is 905. The zero-order valence-electron chi connectivity index (χ0n) is 14.9. The van der Waals surface area contributed by atoms with E-state index >= 15 is 0 Å². The number of likely N-dealkylation sites (tertiary alicyclic amines) is 1. The maximum Gasteiger partial charge on any atom is 0.246 e. The third-order valence-corrected chi connectivity index (χ3v) is 5.16. The van der Waals surface area contributed by atoms with Crippen molar-refractivity contribution < 1.29 is 14.0 Å². The van der Waals surface area contributed by atoms with Crippen molar-refractivity contribution in [3.05, 3.63) is 63.5 Å². The average Bonchev–Trinajstić information content (AvgIpc) is 2.70. The number of hydrogen-bond acceptors (Lipinski definition) is 3. The molecule has 1 aliphatic rings. The monoisotopic (exact) mass is 465 g/mol. The van der Waals surface area contributed by atoms with Crippen molar-refractivity contribution in [3.63, 3.8) is 0 Å². The van der Waals surface area contributed by atoms with E-state index in [1.807, 2.05) is 0 Å². The minimum absolute atomic E-state index is 0.186. The second-order valence-electron chi connectivity index (χ2n) is 6.47. The standard InChI is InChI=1S/C20H18BrClFN3O2/c21-15-4-6-17(23)13(10-15)3-8-19(27)26-9-1-2-14(12-26)20(28)25-18-7-5-16(22)11-24-18/h3-8,10-11,14H,1-2,9,12H2,(H,24,25,28). The van der Waals surface area contributed by atoms with E-state index in [0.717, 1.165) is 10.9 Å². The van der Waals surface area contributed by atoms with Crippen molar-refractivity contribution in [2.24, 2.45) is 5.92 Å². The number of rotatable bonds is 4. The molecule has 0 aliphatic carbocycles. The molecule has 1 unspecified atom stereocenters. The molecule has 3 rings (SSSR count). The van der Waals surface area contributed by atoms with Crippen molar-refractivity contribution in [3.8, 4) is 0 Å². The third-order valence-electron chi connectivity index (χ3n) is 4.45. The Morgan fingerprint density at radius 3 is 2.89 bits per heavy atom. The molecule has 0 saturated carbocycles. The van der Waals surface area contributed by atoms with Crippen LogP contribution in [0, 0.1) is 11.7 Å². The Labute approximate surface area is 175 Å². The molecule has 1 saturated heterocycles. The van der Waals surface area contributed by atoms with Crippen LogP contribution in [-0.4, -0.2) is 34.8 Å². The number of anilines is 1. The lowest BCUT2D eigenvalue weighted by Gasteiger charge is -2.31. The first-order valence-electron chi connectivity index (χ1n) is 8.77. The largest absolute Gasteiger partial charge is 0.338 e. The summed E-state index contributed by atoms with van der Waals surface area (Å²) in [5.74, 6) is -0.747. The number of nitrogens with one attached hydrogen (secondary N) is 1. The quantitative estimate of drug-likeness (QED) is 0.674. The molecule has 2 aromatic rings. The Balaban J connectivity index is 1.61. The van der Waals surface area contributed by atoms with Gasteiger partial charge in [0.05, 0.1) is 10.9 Å².